The van der Waals surface area contributed by atoms with E-state index >= 15 is 0 Å². The topological polar surface area (TPSA) is 223 Å². The van der Waals surface area contributed by atoms with Crippen LogP contribution < -0.4 is 74.6 Å². The predicted octanol–water partition coefficient (Wildman–Crippen LogP) is -9.42. The van der Waals surface area contributed by atoms with Crippen LogP contribution in [0.25, 0.3) is 0 Å². The number of H-pyrrole nitrogens is 1. The number of aromatic amines is 1. The molecule has 17 heteroatoms. The van der Waals surface area contributed by atoms with Crippen LogP contribution in [-0.4, -0.2) is 77.6 Å². The summed E-state index contributed by atoms with van der Waals surface area (Å²) >= 11 is 2.15. The number of amides is 2. The number of fused-ring (bicyclic) bond motifs is 1. The molecule has 1 aromatic heterocycles. The molecule has 2 aromatic rings. The Morgan fingerprint density at radius 1 is 1.19 bits per heavy atom. The van der Waals surface area contributed by atoms with Crippen molar-refractivity contribution in [1.29, 1.82) is 0 Å². The number of carbonyl (C=O) groups is 4. The fraction of sp³-hybridized carbons (Fsp3) is 0.263. The van der Waals surface area contributed by atoms with Gasteiger partial charge in [-0.05, 0) is 11.1 Å². The number of rotatable bonds is 8. The molecule has 0 radical (unpaired) electrons. The zero-order chi connectivity index (χ0) is 23.7. The number of thioether (sulfide) groups is 2. The van der Waals surface area contributed by atoms with Gasteiger partial charge in [0.25, 0.3) is 11.8 Å². The third kappa shape index (κ3) is 6.53. The molecule has 0 spiro atoms. The summed E-state index contributed by atoms with van der Waals surface area (Å²) in [6.45, 7) is 0. The minimum atomic E-state index is -1.57. The van der Waals surface area contributed by atoms with Gasteiger partial charge in [0, 0.05) is 11.5 Å². The molecule has 3 atom stereocenters. The van der Waals surface area contributed by atoms with E-state index in [0.29, 0.717) is 11.1 Å². The van der Waals surface area contributed by atoms with Crippen molar-refractivity contribution >= 4 is 47.3 Å². The molecular formula is C19H17N5Na2O8S2. The Kier molecular flexibility index (Phi) is 12.6. The van der Waals surface area contributed by atoms with Crippen molar-refractivity contribution in [3.8, 4) is 0 Å². The van der Waals surface area contributed by atoms with Crippen molar-refractivity contribution in [2.45, 2.75) is 22.5 Å². The maximum atomic E-state index is 12.7. The molecule has 1 saturated heterocycles. The van der Waals surface area contributed by atoms with Crippen LogP contribution >= 0.6 is 23.5 Å². The number of nitrogens with zero attached hydrogens (tertiary/aromatic N) is 3. The van der Waals surface area contributed by atoms with Crippen molar-refractivity contribution in [2.75, 3.05) is 11.5 Å². The number of hydrogen-bond donors (Lipinski definition) is 3. The third-order valence-corrected chi connectivity index (χ3v) is 7.38. The Balaban J connectivity index is 0.00000216. The van der Waals surface area contributed by atoms with Crippen LogP contribution in [0.2, 0.25) is 0 Å². The summed E-state index contributed by atoms with van der Waals surface area (Å²) in [6, 6.07) is 7.16. The van der Waals surface area contributed by atoms with Gasteiger partial charge in [-0.15, -0.1) is 16.9 Å². The molecule has 5 N–H and O–H groups in total. The summed E-state index contributed by atoms with van der Waals surface area (Å²) in [4.78, 5) is 49.0. The fourth-order valence-electron chi connectivity index (χ4n) is 3.41. The number of aliphatic hydroxyl groups excluding tert-OH is 1. The van der Waals surface area contributed by atoms with Crippen LogP contribution in [0.5, 0.6) is 0 Å². The molecule has 1 aromatic carbocycles. The van der Waals surface area contributed by atoms with Gasteiger partial charge in [-0.1, -0.05) is 42.1 Å². The van der Waals surface area contributed by atoms with E-state index in [0.717, 1.165) is 16.7 Å². The van der Waals surface area contributed by atoms with Gasteiger partial charge in [-0.2, -0.15) is 10.3 Å². The first-order chi connectivity index (χ1) is 15.8. The standard InChI is InChI=1S/C19H17N5O7S2.2Na.H2O/c25-13(8-4-2-1-3-5-8)14(26)20-11-16(27)24-12(19(30)31)9(7-33-17(11)24)6-32-15-10(18(28)29)21-23-22-15;;;/h1-5,11,13,17,25H,6-7H2,(H,20,26)(H,28,29)(H,30,31)(H,21,22,23);;;1H2/q;2*+1;/p-2/t11?,13-,17-;;;/m1.../s1. The first-order valence-electron chi connectivity index (χ1n) is 9.46. The molecule has 0 aliphatic carbocycles. The molecule has 2 amide bonds. The van der Waals surface area contributed by atoms with Crippen LogP contribution in [0.4, 0.5) is 0 Å². The second-order valence-electron chi connectivity index (χ2n) is 7.00. The van der Waals surface area contributed by atoms with Gasteiger partial charge < -0.3 is 35.7 Å². The summed E-state index contributed by atoms with van der Waals surface area (Å²) < 4.78 is 0. The molecular weight excluding hydrogens is 536 g/mol. The van der Waals surface area contributed by atoms with Gasteiger partial charge >= 0.3 is 59.1 Å². The molecule has 2 aliphatic rings. The van der Waals surface area contributed by atoms with Crippen LogP contribution in [0.3, 0.4) is 0 Å². The Morgan fingerprint density at radius 3 is 2.47 bits per heavy atom. The van der Waals surface area contributed by atoms with Gasteiger partial charge in [0.2, 0.25) is 0 Å². The predicted molar refractivity (Wildman–Crippen MR) is 114 cm³/mol. The van der Waals surface area contributed by atoms with Crippen LogP contribution in [0, 0.1) is 0 Å². The monoisotopic (exact) mass is 553 g/mol. The number of carboxylic acid groups (broad SMARTS) is 2. The fourth-order valence-corrected chi connectivity index (χ4v) is 5.81. The number of carboxylic acids is 2. The van der Waals surface area contributed by atoms with E-state index < -0.39 is 47.0 Å². The van der Waals surface area contributed by atoms with E-state index in [2.05, 4.69) is 20.7 Å². The van der Waals surface area contributed by atoms with Gasteiger partial charge in [-0.3, -0.25) is 14.5 Å². The van der Waals surface area contributed by atoms with Crippen molar-refractivity contribution in [1.82, 2.24) is 25.6 Å². The van der Waals surface area contributed by atoms with Gasteiger partial charge in [-0.25, -0.2) is 0 Å². The maximum absolute atomic E-state index is 12.7. The number of β-lactam (4-membered cyclic amide) rings is 1. The van der Waals surface area contributed by atoms with E-state index in [1.54, 1.807) is 30.3 Å². The number of benzene rings is 1. The Hall–Kier alpha value is -1.40. The number of aromatic carboxylic acids is 1. The summed E-state index contributed by atoms with van der Waals surface area (Å²) in [5.41, 5.74) is -0.0510. The second kappa shape index (κ2) is 13.9. The zero-order valence-electron chi connectivity index (χ0n) is 19.1. The Bertz CT molecular complexity index is 1170. The quantitative estimate of drug-likeness (QED) is 0.158. The number of carbonyl (C=O) groups excluding carboxylic acids is 4. The van der Waals surface area contributed by atoms with Gasteiger partial charge in [0.1, 0.15) is 22.1 Å². The summed E-state index contributed by atoms with van der Waals surface area (Å²) in [5, 5.41) is 44.2. The van der Waals surface area contributed by atoms with Crippen molar-refractivity contribution in [3.05, 3.63) is 52.9 Å². The molecule has 3 heterocycles. The van der Waals surface area contributed by atoms with Gasteiger partial charge in [0.15, 0.2) is 6.10 Å². The smallest absolute Gasteiger partial charge is 0.543 e. The van der Waals surface area contributed by atoms with Crippen LogP contribution in [-0.2, 0) is 14.4 Å². The number of aliphatic hydroxyl groups is 1. The summed E-state index contributed by atoms with van der Waals surface area (Å²) in [5.74, 6) is -4.33. The summed E-state index contributed by atoms with van der Waals surface area (Å²) in [6.07, 6.45) is -1.48. The van der Waals surface area contributed by atoms with Crippen molar-refractivity contribution in [2.24, 2.45) is 0 Å². The molecule has 0 bridgehead atoms. The normalized spacial score (nSPS) is 18.9. The Labute approximate surface area is 256 Å². The SMILES string of the molecule is O.O=C([O-])C1=C(CSc2n[nH]nc2C(=O)[O-])CS[C@@H]2C(NC(=O)[C@H](O)c3ccccc3)C(=O)N12.[Na+].[Na+]. The van der Waals surface area contributed by atoms with Crippen LogP contribution in [0.15, 0.2) is 46.6 Å². The van der Waals surface area contributed by atoms with Crippen molar-refractivity contribution in [3.63, 3.8) is 0 Å². The average Bonchev–Trinajstić information content (AvgIpc) is 3.29. The van der Waals surface area contributed by atoms with Gasteiger partial charge in [0.05, 0.1) is 17.6 Å². The molecule has 0 saturated carbocycles. The Morgan fingerprint density at radius 2 is 1.86 bits per heavy atom. The largest absolute Gasteiger partial charge is 1.00 e. The van der Waals surface area contributed by atoms with E-state index in [9.17, 15) is 34.5 Å². The minimum absolute atomic E-state index is 0. The molecule has 4 rings (SSSR count). The van der Waals surface area contributed by atoms with Crippen molar-refractivity contribution < 1.29 is 99.1 Å². The molecule has 1 unspecified atom stereocenters. The molecule has 13 nitrogen and oxygen atoms in total. The summed E-state index contributed by atoms with van der Waals surface area (Å²) in [7, 11) is 0. The maximum Gasteiger partial charge on any atom is 1.00 e. The minimum Gasteiger partial charge on any atom is -0.543 e. The van der Waals surface area contributed by atoms with E-state index in [-0.39, 0.29) is 86.8 Å². The number of aromatic nitrogens is 3. The second-order valence-corrected chi connectivity index (χ2v) is 9.07. The molecule has 1 fully saturated rings. The molecule has 36 heavy (non-hydrogen) atoms. The zero-order valence-corrected chi connectivity index (χ0v) is 24.7. The first-order valence-corrected chi connectivity index (χ1v) is 11.5. The first kappa shape index (κ1) is 32.6. The molecule has 180 valence electrons. The number of hydrogen-bond acceptors (Lipinski definition) is 11. The third-order valence-electron chi connectivity index (χ3n) is 4.99. The number of aliphatic carboxylic acids is 1. The van der Waals surface area contributed by atoms with E-state index in [1.165, 1.54) is 11.8 Å². The van der Waals surface area contributed by atoms with E-state index in [4.69, 9.17) is 0 Å². The van der Waals surface area contributed by atoms with E-state index in [1.807, 2.05) is 0 Å². The van der Waals surface area contributed by atoms with Crippen LogP contribution in [0.1, 0.15) is 22.2 Å². The molecule has 2 aliphatic heterocycles. The number of nitrogens with one attached hydrogen (secondary N) is 2. The average molecular weight is 553 g/mol.